The third-order valence-electron chi connectivity index (χ3n) is 4.92. The summed E-state index contributed by atoms with van der Waals surface area (Å²) in [5.74, 6) is -0.710. The van der Waals surface area contributed by atoms with E-state index in [1.807, 2.05) is 18.7 Å². The Bertz CT molecular complexity index is 866. The van der Waals surface area contributed by atoms with Crippen LogP contribution in [0.4, 0.5) is 0 Å². The first-order valence-electron chi connectivity index (χ1n) is 8.90. The molecule has 1 aliphatic rings. The summed E-state index contributed by atoms with van der Waals surface area (Å²) >= 11 is 0. The minimum atomic E-state index is -0.541. The largest absolute Gasteiger partial charge is 0.455 e. The van der Waals surface area contributed by atoms with Gasteiger partial charge in [0.25, 0.3) is 11.5 Å². The molecule has 2 aromatic rings. The summed E-state index contributed by atoms with van der Waals surface area (Å²) in [5, 5.41) is 7.42. The average molecular weight is 357 g/mol. The first kappa shape index (κ1) is 18.1. The van der Waals surface area contributed by atoms with Gasteiger partial charge in [-0.15, -0.1) is 0 Å². The molecule has 0 bridgehead atoms. The van der Waals surface area contributed by atoms with Crippen LogP contribution in [-0.4, -0.2) is 45.7 Å². The normalized spacial score (nSPS) is 20.2. The monoisotopic (exact) mass is 357 g/mol. The predicted molar refractivity (Wildman–Crippen MR) is 96.6 cm³/mol. The first-order chi connectivity index (χ1) is 12.5. The Labute approximate surface area is 151 Å². The maximum Gasteiger partial charge on any atom is 0.312 e. The summed E-state index contributed by atoms with van der Waals surface area (Å²) in [7, 11) is 0. The molecule has 2 atom stereocenters. The van der Waals surface area contributed by atoms with Crippen LogP contribution in [0.1, 0.15) is 38.8 Å². The Balaban J connectivity index is 1.64. The number of aromatic nitrogens is 2. The predicted octanol–water partition coefficient (Wildman–Crippen LogP) is 1.80. The zero-order valence-electron chi connectivity index (χ0n) is 15.0. The Hall–Kier alpha value is -2.70. The van der Waals surface area contributed by atoms with Gasteiger partial charge in [0.1, 0.15) is 0 Å². The number of carbonyl (C=O) groups excluding carboxylic acids is 2. The van der Waals surface area contributed by atoms with Gasteiger partial charge in [-0.3, -0.25) is 14.4 Å². The molecule has 0 aliphatic carbocycles. The van der Waals surface area contributed by atoms with Crippen molar-refractivity contribution in [2.24, 2.45) is 0 Å². The highest BCUT2D eigenvalue weighted by atomic mass is 16.5. The zero-order valence-corrected chi connectivity index (χ0v) is 15.0. The number of carbonyl (C=O) groups is 2. The van der Waals surface area contributed by atoms with E-state index in [9.17, 15) is 14.4 Å². The first-order valence-corrected chi connectivity index (χ1v) is 8.90. The van der Waals surface area contributed by atoms with Gasteiger partial charge < -0.3 is 9.64 Å². The van der Waals surface area contributed by atoms with E-state index in [4.69, 9.17) is 4.74 Å². The van der Waals surface area contributed by atoms with Crippen LogP contribution in [0.15, 0.2) is 29.1 Å². The van der Waals surface area contributed by atoms with Gasteiger partial charge >= 0.3 is 5.97 Å². The van der Waals surface area contributed by atoms with E-state index in [0.29, 0.717) is 16.5 Å². The summed E-state index contributed by atoms with van der Waals surface area (Å²) in [6.45, 7) is 3.77. The van der Waals surface area contributed by atoms with Gasteiger partial charge in [0.05, 0.1) is 17.5 Å². The molecule has 1 fully saturated rings. The van der Waals surface area contributed by atoms with Crippen molar-refractivity contribution in [1.29, 1.82) is 0 Å². The molecule has 3 rings (SSSR count). The third-order valence-corrected chi connectivity index (χ3v) is 4.92. The van der Waals surface area contributed by atoms with E-state index in [1.165, 1.54) is 0 Å². The molecule has 7 nitrogen and oxygen atoms in total. The number of esters is 1. The second-order valence-electron chi connectivity index (χ2n) is 6.81. The van der Waals surface area contributed by atoms with E-state index < -0.39 is 5.97 Å². The lowest BCUT2D eigenvalue weighted by atomic mass is 9.97. The quantitative estimate of drug-likeness (QED) is 0.843. The number of likely N-dealkylation sites (tertiary alicyclic amines) is 1. The standard InChI is InChI=1S/C19H23N3O4/c1-12-6-5-7-13(2)22(12)17(23)11-26-18(24)10-16-14-8-3-4-9-15(14)19(25)21-20-16/h3-4,8-9,12-13H,5-7,10-11H2,1-2H3,(H,21,25)/t12-,13+. The second kappa shape index (κ2) is 7.68. The van der Waals surface area contributed by atoms with E-state index >= 15 is 0 Å². The van der Waals surface area contributed by atoms with Crippen LogP contribution in [0.2, 0.25) is 0 Å². The van der Waals surface area contributed by atoms with Crippen molar-refractivity contribution < 1.29 is 14.3 Å². The minimum absolute atomic E-state index is 0.102. The van der Waals surface area contributed by atoms with Crippen molar-refractivity contribution in [3.8, 4) is 0 Å². The van der Waals surface area contributed by atoms with Crippen LogP contribution in [0.3, 0.4) is 0 Å². The second-order valence-corrected chi connectivity index (χ2v) is 6.81. The number of aromatic amines is 1. The Morgan fingerprint density at radius 3 is 2.54 bits per heavy atom. The molecule has 138 valence electrons. The van der Waals surface area contributed by atoms with Crippen molar-refractivity contribution >= 4 is 22.6 Å². The number of H-pyrrole nitrogens is 1. The zero-order chi connectivity index (χ0) is 18.7. The maximum absolute atomic E-state index is 12.4. The number of amides is 1. The maximum atomic E-state index is 12.4. The molecule has 1 aromatic heterocycles. The number of nitrogens with zero attached hydrogens (tertiary/aromatic N) is 2. The molecule has 0 saturated carbocycles. The average Bonchev–Trinajstić information content (AvgIpc) is 2.62. The number of rotatable bonds is 4. The molecule has 1 aliphatic heterocycles. The molecule has 0 spiro atoms. The summed E-state index contributed by atoms with van der Waals surface area (Å²) < 4.78 is 5.17. The lowest BCUT2D eigenvalue weighted by Crippen LogP contribution is -2.49. The molecular formula is C19H23N3O4. The van der Waals surface area contributed by atoms with Gasteiger partial charge in [0.15, 0.2) is 6.61 Å². The molecule has 0 radical (unpaired) electrons. The Kier molecular flexibility index (Phi) is 5.35. The molecular weight excluding hydrogens is 334 g/mol. The van der Waals surface area contributed by atoms with Crippen molar-refractivity contribution in [2.75, 3.05) is 6.61 Å². The SMILES string of the molecule is C[C@@H]1CCC[C@H](C)N1C(=O)COC(=O)Cc1n[nH]c(=O)c2ccccc12. The van der Waals surface area contributed by atoms with Gasteiger partial charge in [-0.05, 0) is 39.2 Å². The van der Waals surface area contributed by atoms with Crippen LogP contribution in [0.25, 0.3) is 10.8 Å². The summed E-state index contributed by atoms with van der Waals surface area (Å²) in [6, 6.07) is 7.26. The number of nitrogens with one attached hydrogen (secondary N) is 1. The minimum Gasteiger partial charge on any atom is -0.455 e. The van der Waals surface area contributed by atoms with Crippen molar-refractivity contribution in [2.45, 2.75) is 51.6 Å². The van der Waals surface area contributed by atoms with Crippen molar-refractivity contribution in [3.05, 3.63) is 40.3 Å². The summed E-state index contributed by atoms with van der Waals surface area (Å²) in [4.78, 5) is 38.2. The van der Waals surface area contributed by atoms with Gasteiger partial charge in [0.2, 0.25) is 0 Å². The van der Waals surface area contributed by atoms with Crippen LogP contribution < -0.4 is 5.56 Å². The van der Waals surface area contributed by atoms with Gasteiger partial charge in [-0.25, -0.2) is 5.10 Å². The van der Waals surface area contributed by atoms with Gasteiger partial charge in [-0.2, -0.15) is 5.10 Å². The fourth-order valence-electron chi connectivity index (χ4n) is 3.62. The number of hydrogen-bond acceptors (Lipinski definition) is 5. The number of benzene rings is 1. The van der Waals surface area contributed by atoms with Crippen LogP contribution in [0.5, 0.6) is 0 Å². The highest BCUT2D eigenvalue weighted by Crippen LogP contribution is 2.22. The highest BCUT2D eigenvalue weighted by Gasteiger charge is 2.29. The number of ether oxygens (including phenoxy) is 1. The fourth-order valence-corrected chi connectivity index (χ4v) is 3.62. The molecule has 1 N–H and O–H groups in total. The van der Waals surface area contributed by atoms with Crippen LogP contribution in [0, 0.1) is 0 Å². The van der Waals surface area contributed by atoms with Gasteiger partial charge in [-0.1, -0.05) is 18.2 Å². The molecule has 1 amide bonds. The lowest BCUT2D eigenvalue weighted by molar-refractivity contribution is -0.154. The Morgan fingerprint density at radius 2 is 1.85 bits per heavy atom. The smallest absolute Gasteiger partial charge is 0.312 e. The van der Waals surface area contributed by atoms with Crippen molar-refractivity contribution in [3.63, 3.8) is 0 Å². The third kappa shape index (κ3) is 3.76. The molecule has 2 heterocycles. The van der Waals surface area contributed by atoms with E-state index in [0.717, 1.165) is 19.3 Å². The topological polar surface area (TPSA) is 92.4 Å². The number of fused-ring (bicyclic) bond motifs is 1. The van der Waals surface area contributed by atoms with Gasteiger partial charge in [0, 0.05) is 17.5 Å². The van der Waals surface area contributed by atoms with Crippen molar-refractivity contribution in [1.82, 2.24) is 15.1 Å². The molecule has 0 unspecified atom stereocenters. The number of piperidine rings is 1. The van der Waals surface area contributed by atoms with E-state index in [1.54, 1.807) is 24.3 Å². The molecule has 26 heavy (non-hydrogen) atoms. The van der Waals surface area contributed by atoms with Crippen LogP contribution >= 0.6 is 0 Å². The van der Waals surface area contributed by atoms with E-state index in [2.05, 4.69) is 10.2 Å². The highest BCUT2D eigenvalue weighted by molar-refractivity contribution is 5.87. The summed E-state index contributed by atoms with van der Waals surface area (Å²) in [6.07, 6.45) is 2.95. The van der Waals surface area contributed by atoms with E-state index in [-0.39, 0.29) is 36.6 Å². The lowest BCUT2D eigenvalue weighted by Gasteiger charge is -2.38. The van der Waals surface area contributed by atoms with Crippen LogP contribution in [-0.2, 0) is 20.7 Å². The molecule has 1 aromatic carbocycles. The Morgan fingerprint density at radius 1 is 1.19 bits per heavy atom. The number of hydrogen-bond donors (Lipinski definition) is 1. The summed E-state index contributed by atoms with van der Waals surface area (Å²) in [5.41, 5.74) is 0.123. The molecule has 1 saturated heterocycles. The molecule has 7 heteroatoms. The fraction of sp³-hybridized carbons (Fsp3) is 0.474.